The highest BCUT2D eigenvalue weighted by molar-refractivity contribution is 5.73. The molecule has 72 valence electrons. The van der Waals surface area contributed by atoms with Crippen LogP contribution in [0.15, 0.2) is 0 Å². The molecule has 0 fully saturated rings. The van der Waals surface area contributed by atoms with Gasteiger partial charge in [0.1, 0.15) is 0 Å². The molecular weight excluding hydrogens is 154 g/mol. The number of hydrogen-bond donors (Lipinski definition) is 2. The quantitative estimate of drug-likeness (QED) is 0.586. The summed E-state index contributed by atoms with van der Waals surface area (Å²) in [5.74, 6) is 0. The zero-order valence-electron chi connectivity index (χ0n) is 8.18. The zero-order valence-corrected chi connectivity index (χ0v) is 8.18. The first-order chi connectivity index (χ1) is 5.68. The molecule has 0 aliphatic rings. The maximum atomic E-state index is 11.0. The van der Waals surface area contributed by atoms with Crippen LogP contribution in [0, 0.1) is 0 Å². The topological polar surface area (TPSA) is 44.4 Å². The van der Waals surface area contributed by atoms with Crippen LogP contribution in [0.1, 0.15) is 12.8 Å². The van der Waals surface area contributed by atoms with Crippen molar-refractivity contribution in [3.05, 3.63) is 0 Å². The van der Waals surface area contributed by atoms with Crippen LogP contribution in [0.25, 0.3) is 0 Å². The minimum absolute atomic E-state index is 0.0144. The summed E-state index contributed by atoms with van der Waals surface area (Å²) in [5.41, 5.74) is 0. The largest absolute Gasteiger partial charge is 0.338 e. The normalized spacial score (nSPS) is 9.58. The molecule has 2 N–H and O–H groups in total. The van der Waals surface area contributed by atoms with Gasteiger partial charge in [0.25, 0.3) is 0 Å². The van der Waals surface area contributed by atoms with E-state index in [0.29, 0.717) is 0 Å². The second-order valence-electron chi connectivity index (χ2n) is 2.94. The van der Waals surface area contributed by atoms with Crippen LogP contribution in [-0.4, -0.2) is 45.2 Å². The Morgan fingerprint density at radius 3 is 2.33 bits per heavy atom. The van der Waals surface area contributed by atoms with Gasteiger partial charge in [0, 0.05) is 20.6 Å². The molecule has 0 saturated carbocycles. The molecule has 0 rings (SSSR count). The Labute approximate surface area is 74.3 Å². The van der Waals surface area contributed by atoms with Gasteiger partial charge in [-0.2, -0.15) is 0 Å². The van der Waals surface area contributed by atoms with E-state index in [1.54, 1.807) is 14.1 Å². The fourth-order valence-corrected chi connectivity index (χ4v) is 0.780. The summed E-state index contributed by atoms with van der Waals surface area (Å²) in [6.07, 6.45) is 2.13. The van der Waals surface area contributed by atoms with Gasteiger partial charge in [-0.3, -0.25) is 0 Å². The van der Waals surface area contributed by atoms with Gasteiger partial charge in [0.15, 0.2) is 0 Å². The Hall–Kier alpha value is -0.770. The average molecular weight is 173 g/mol. The number of nitrogens with zero attached hydrogens (tertiary/aromatic N) is 1. The average Bonchev–Trinajstić information content (AvgIpc) is 2.03. The van der Waals surface area contributed by atoms with E-state index in [2.05, 4.69) is 10.6 Å². The lowest BCUT2D eigenvalue weighted by molar-refractivity contribution is 0.217. The number of rotatable bonds is 5. The molecule has 4 heteroatoms. The smallest absolute Gasteiger partial charge is 0.316 e. The molecule has 0 heterocycles. The summed E-state index contributed by atoms with van der Waals surface area (Å²) in [6, 6.07) is -0.0144. The molecule has 12 heavy (non-hydrogen) atoms. The summed E-state index contributed by atoms with van der Waals surface area (Å²) in [7, 11) is 5.41. The molecule has 0 aliphatic heterocycles. The number of urea groups is 1. The maximum Gasteiger partial charge on any atom is 0.316 e. The minimum Gasteiger partial charge on any atom is -0.338 e. The van der Waals surface area contributed by atoms with E-state index in [1.165, 1.54) is 4.90 Å². The van der Waals surface area contributed by atoms with Gasteiger partial charge in [0.2, 0.25) is 0 Å². The van der Waals surface area contributed by atoms with Crippen LogP contribution < -0.4 is 10.6 Å². The van der Waals surface area contributed by atoms with E-state index < -0.39 is 0 Å². The first-order valence-electron chi connectivity index (χ1n) is 4.28. The molecule has 0 spiro atoms. The SMILES string of the molecule is CNCCCCNC(=O)N(C)C. The Kier molecular flexibility index (Phi) is 6.47. The molecule has 0 atom stereocenters. The summed E-state index contributed by atoms with van der Waals surface area (Å²) in [5, 5.41) is 5.86. The lowest BCUT2D eigenvalue weighted by atomic mass is 10.3. The van der Waals surface area contributed by atoms with Gasteiger partial charge in [-0.25, -0.2) is 4.79 Å². The Morgan fingerprint density at radius 2 is 1.83 bits per heavy atom. The Morgan fingerprint density at radius 1 is 1.25 bits per heavy atom. The standard InChI is InChI=1S/C8H19N3O/c1-9-6-4-5-7-10-8(12)11(2)3/h9H,4-7H2,1-3H3,(H,10,12). The first kappa shape index (κ1) is 11.2. The third-order valence-electron chi connectivity index (χ3n) is 1.54. The van der Waals surface area contributed by atoms with Crippen LogP contribution in [0.5, 0.6) is 0 Å². The molecule has 0 radical (unpaired) electrons. The first-order valence-corrected chi connectivity index (χ1v) is 4.28. The van der Waals surface area contributed by atoms with Crippen molar-refractivity contribution in [2.24, 2.45) is 0 Å². The molecule has 0 aromatic heterocycles. The van der Waals surface area contributed by atoms with Crippen molar-refractivity contribution >= 4 is 6.03 Å². The molecule has 0 aliphatic carbocycles. The molecular formula is C8H19N3O. The van der Waals surface area contributed by atoms with Crippen LogP contribution in [-0.2, 0) is 0 Å². The van der Waals surface area contributed by atoms with E-state index in [1.807, 2.05) is 7.05 Å². The van der Waals surface area contributed by atoms with Gasteiger partial charge >= 0.3 is 6.03 Å². The summed E-state index contributed by atoms with van der Waals surface area (Å²) < 4.78 is 0. The Balaban J connectivity index is 3.14. The van der Waals surface area contributed by atoms with Crippen LogP contribution in [0.4, 0.5) is 4.79 Å². The third kappa shape index (κ3) is 5.97. The molecule has 4 nitrogen and oxygen atoms in total. The van der Waals surface area contributed by atoms with E-state index in [0.717, 1.165) is 25.9 Å². The summed E-state index contributed by atoms with van der Waals surface area (Å²) >= 11 is 0. The number of carbonyl (C=O) groups is 1. The van der Waals surface area contributed by atoms with Gasteiger partial charge < -0.3 is 15.5 Å². The highest BCUT2D eigenvalue weighted by Gasteiger charge is 1.99. The van der Waals surface area contributed by atoms with Crippen molar-refractivity contribution < 1.29 is 4.79 Å². The lowest BCUT2D eigenvalue weighted by Gasteiger charge is -2.11. The van der Waals surface area contributed by atoms with Gasteiger partial charge in [-0.05, 0) is 26.4 Å². The van der Waals surface area contributed by atoms with Crippen molar-refractivity contribution in [2.45, 2.75) is 12.8 Å². The molecule has 0 aromatic rings. The van der Waals surface area contributed by atoms with Crippen LogP contribution in [0.3, 0.4) is 0 Å². The molecule has 0 saturated heterocycles. The van der Waals surface area contributed by atoms with Crippen molar-refractivity contribution in [2.75, 3.05) is 34.2 Å². The van der Waals surface area contributed by atoms with Crippen molar-refractivity contribution in [1.29, 1.82) is 0 Å². The number of hydrogen-bond acceptors (Lipinski definition) is 2. The van der Waals surface area contributed by atoms with Crippen molar-refractivity contribution in [1.82, 2.24) is 15.5 Å². The molecule has 2 amide bonds. The van der Waals surface area contributed by atoms with Crippen molar-refractivity contribution in [3.8, 4) is 0 Å². The highest BCUT2D eigenvalue weighted by Crippen LogP contribution is 1.84. The van der Waals surface area contributed by atoms with E-state index >= 15 is 0 Å². The number of nitrogens with one attached hydrogen (secondary N) is 2. The Bertz CT molecular complexity index is 125. The lowest BCUT2D eigenvalue weighted by Crippen LogP contribution is -2.35. The molecule has 0 aromatic carbocycles. The molecule has 0 bridgehead atoms. The highest BCUT2D eigenvalue weighted by atomic mass is 16.2. The predicted molar refractivity (Wildman–Crippen MR) is 50.2 cm³/mol. The van der Waals surface area contributed by atoms with E-state index in [9.17, 15) is 4.79 Å². The van der Waals surface area contributed by atoms with E-state index in [4.69, 9.17) is 0 Å². The maximum absolute atomic E-state index is 11.0. The number of carbonyl (C=O) groups excluding carboxylic acids is 1. The summed E-state index contributed by atoms with van der Waals surface area (Å²) in [6.45, 7) is 1.77. The van der Waals surface area contributed by atoms with Crippen LogP contribution >= 0.6 is 0 Å². The third-order valence-corrected chi connectivity index (χ3v) is 1.54. The molecule has 0 unspecified atom stereocenters. The summed E-state index contributed by atoms with van der Waals surface area (Å²) in [4.78, 5) is 12.5. The van der Waals surface area contributed by atoms with Crippen LogP contribution in [0.2, 0.25) is 0 Å². The number of unbranched alkanes of at least 4 members (excludes halogenated alkanes) is 1. The van der Waals surface area contributed by atoms with Gasteiger partial charge in [0.05, 0.1) is 0 Å². The fourth-order valence-electron chi connectivity index (χ4n) is 0.780. The second kappa shape index (κ2) is 6.91. The predicted octanol–water partition coefficient (Wildman–Crippen LogP) is 0.257. The second-order valence-corrected chi connectivity index (χ2v) is 2.94. The number of amides is 2. The monoisotopic (exact) mass is 173 g/mol. The zero-order chi connectivity index (χ0) is 9.40. The van der Waals surface area contributed by atoms with Gasteiger partial charge in [-0.1, -0.05) is 0 Å². The van der Waals surface area contributed by atoms with Gasteiger partial charge in [-0.15, -0.1) is 0 Å². The van der Waals surface area contributed by atoms with Crippen molar-refractivity contribution in [3.63, 3.8) is 0 Å². The van der Waals surface area contributed by atoms with E-state index in [-0.39, 0.29) is 6.03 Å². The minimum atomic E-state index is -0.0144. The fraction of sp³-hybridized carbons (Fsp3) is 0.875.